The summed E-state index contributed by atoms with van der Waals surface area (Å²) in [4.78, 5) is 12.6. The number of carbonyl (C=O) groups is 1. The Kier molecular flexibility index (Phi) is 7.17. The Morgan fingerprint density at radius 1 is 1.04 bits per heavy atom. The lowest BCUT2D eigenvalue weighted by Gasteiger charge is -2.17. The summed E-state index contributed by atoms with van der Waals surface area (Å²) in [6.45, 7) is 4.14. The first-order valence-corrected chi connectivity index (χ1v) is 10.1. The molecule has 0 aliphatic rings. The van der Waals surface area contributed by atoms with Crippen molar-refractivity contribution >= 4 is 21.6 Å². The normalized spacial score (nSPS) is 12.4. The number of sulfonamides is 1. The Balaban J connectivity index is 2.02. The van der Waals surface area contributed by atoms with Crippen molar-refractivity contribution in [3.8, 4) is 5.75 Å². The van der Waals surface area contributed by atoms with E-state index in [1.54, 1.807) is 24.3 Å². The van der Waals surface area contributed by atoms with Crippen LogP contribution in [-0.2, 0) is 14.8 Å². The number of nitrogens with one attached hydrogen (secondary N) is 2. The molecular formula is C19H24N2O4S. The molecule has 0 aromatic heterocycles. The first-order chi connectivity index (χ1) is 12.5. The second-order valence-corrected chi connectivity index (χ2v) is 7.51. The third-order valence-electron chi connectivity index (χ3n) is 3.66. The monoisotopic (exact) mass is 376 g/mol. The molecule has 7 heteroatoms. The number of hydrogen-bond acceptors (Lipinski definition) is 4. The Morgan fingerprint density at radius 2 is 1.69 bits per heavy atom. The number of amides is 1. The molecule has 1 unspecified atom stereocenters. The molecule has 2 N–H and O–H groups in total. The summed E-state index contributed by atoms with van der Waals surface area (Å²) in [5.74, 6) is 0.342. The predicted octanol–water partition coefficient (Wildman–Crippen LogP) is 3.17. The van der Waals surface area contributed by atoms with Crippen LogP contribution in [0.3, 0.4) is 0 Å². The molecule has 0 aliphatic carbocycles. The molecule has 2 aromatic carbocycles. The Hall–Kier alpha value is -2.38. The third-order valence-corrected chi connectivity index (χ3v) is 5.14. The Bertz CT molecular complexity index is 805. The second kappa shape index (κ2) is 9.35. The van der Waals surface area contributed by atoms with Crippen molar-refractivity contribution in [2.24, 2.45) is 0 Å². The maximum absolute atomic E-state index is 12.4. The van der Waals surface area contributed by atoms with Crippen LogP contribution in [0.1, 0.15) is 26.7 Å². The second-order valence-electron chi connectivity index (χ2n) is 5.74. The van der Waals surface area contributed by atoms with Gasteiger partial charge in [-0.2, -0.15) is 0 Å². The van der Waals surface area contributed by atoms with Gasteiger partial charge in [0, 0.05) is 12.2 Å². The molecule has 0 saturated carbocycles. The van der Waals surface area contributed by atoms with E-state index in [9.17, 15) is 13.2 Å². The summed E-state index contributed by atoms with van der Waals surface area (Å²) in [6.07, 6.45) is 0.591. The van der Waals surface area contributed by atoms with Gasteiger partial charge in [0.25, 0.3) is 5.91 Å². The fourth-order valence-electron chi connectivity index (χ4n) is 2.25. The van der Waals surface area contributed by atoms with Crippen LogP contribution in [0.25, 0.3) is 0 Å². The van der Waals surface area contributed by atoms with Crippen molar-refractivity contribution in [3.05, 3.63) is 54.6 Å². The molecule has 0 radical (unpaired) electrons. The van der Waals surface area contributed by atoms with E-state index in [1.165, 1.54) is 12.1 Å². The first-order valence-electron chi connectivity index (χ1n) is 8.58. The Labute approximate surface area is 154 Å². The molecule has 0 saturated heterocycles. The summed E-state index contributed by atoms with van der Waals surface area (Å²) in [5.41, 5.74) is 0.513. The van der Waals surface area contributed by atoms with Crippen LogP contribution in [-0.4, -0.2) is 27.0 Å². The van der Waals surface area contributed by atoms with Crippen molar-refractivity contribution in [1.29, 1.82) is 0 Å². The minimum atomic E-state index is -3.52. The zero-order valence-corrected chi connectivity index (χ0v) is 15.8. The van der Waals surface area contributed by atoms with Crippen LogP contribution in [0.5, 0.6) is 5.75 Å². The topological polar surface area (TPSA) is 84.5 Å². The van der Waals surface area contributed by atoms with Gasteiger partial charge in [-0.25, -0.2) is 13.1 Å². The predicted molar refractivity (Wildman–Crippen MR) is 102 cm³/mol. The van der Waals surface area contributed by atoms with Crippen LogP contribution in [0.2, 0.25) is 0 Å². The molecule has 26 heavy (non-hydrogen) atoms. The number of hydrogen-bond donors (Lipinski definition) is 2. The molecule has 2 aromatic rings. The van der Waals surface area contributed by atoms with E-state index in [1.807, 2.05) is 32.0 Å². The van der Waals surface area contributed by atoms with Gasteiger partial charge in [-0.3, -0.25) is 4.79 Å². The van der Waals surface area contributed by atoms with Crippen LogP contribution in [0.15, 0.2) is 59.5 Å². The lowest BCUT2D eigenvalue weighted by Crippen LogP contribution is -2.32. The molecule has 0 heterocycles. The molecule has 140 valence electrons. The molecule has 1 atom stereocenters. The van der Waals surface area contributed by atoms with E-state index in [2.05, 4.69) is 10.0 Å². The van der Waals surface area contributed by atoms with Gasteiger partial charge in [0.15, 0.2) is 6.10 Å². The van der Waals surface area contributed by atoms with E-state index in [-0.39, 0.29) is 10.8 Å². The van der Waals surface area contributed by atoms with Gasteiger partial charge in [-0.1, -0.05) is 32.0 Å². The highest BCUT2D eigenvalue weighted by Crippen LogP contribution is 2.17. The maximum Gasteiger partial charge on any atom is 0.265 e. The van der Waals surface area contributed by atoms with Gasteiger partial charge in [0.2, 0.25) is 10.0 Å². The quantitative estimate of drug-likeness (QED) is 0.704. The van der Waals surface area contributed by atoms with Crippen molar-refractivity contribution in [1.82, 2.24) is 4.72 Å². The summed E-state index contributed by atoms with van der Waals surface area (Å²) < 4.78 is 32.3. The lowest BCUT2D eigenvalue weighted by atomic mass is 10.2. The molecular weight excluding hydrogens is 352 g/mol. The minimum absolute atomic E-state index is 0.163. The van der Waals surface area contributed by atoms with Gasteiger partial charge in [0.1, 0.15) is 5.75 Å². The van der Waals surface area contributed by atoms with E-state index in [0.29, 0.717) is 30.8 Å². The first kappa shape index (κ1) is 19.9. The largest absolute Gasteiger partial charge is 0.481 e. The average Bonchev–Trinajstić information content (AvgIpc) is 2.65. The SMILES string of the molecule is CCCNS(=O)(=O)c1ccc(NC(=O)C(CC)Oc2ccccc2)cc1. The number of benzene rings is 2. The van der Waals surface area contributed by atoms with Gasteiger partial charge in [-0.15, -0.1) is 0 Å². The third kappa shape index (κ3) is 5.57. The number of anilines is 1. The molecule has 0 aliphatic heterocycles. The van der Waals surface area contributed by atoms with E-state index < -0.39 is 16.1 Å². The van der Waals surface area contributed by atoms with Crippen LogP contribution < -0.4 is 14.8 Å². The highest BCUT2D eigenvalue weighted by Gasteiger charge is 2.19. The zero-order chi connectivity index (χ0) is 19.0. The fourth-order valence-corrected chi connectivity index (χ4v) is 3.38. The molecule has 0 spiro atoms. The maximum atomic E-state index is 12.4. The standard InChI is InChI=1S/C19H24N2O4S/c1-3-14-20-26(23,24)17-12-10-15(11-13-17)21-19(22)18(4-2)25-16-8-6-5-7-9-16/h5-13,18,20H,3-4,14H2,1-2H3,(H,21,22). The summed E-state index contributed by atoms with van der Waals surface area (Å²) in [6, 6.07) is 15.2. The van der Waals surface area contributed by atoms with Crippen LogP contribution in [0, 0.1) is 0 Å². The zero-order valence-electron chi connectivity index (χ0n) is 14.9. The van der Waals surface area contributed by atoms with Gasteiger partial charge in [0.05, 0.1) is 4.90 Å². The summed E-state index contributed by atoms with van der Waals surface area (Å²) in [5, 5.41) is 2.76. The van der Waals surface area contributed by atoms with Crippen molar-refractivity contribution in [3.63, 3.8) is 0 Å². The van der Waals surface area contributed by atoms with E-state index in [4.69, 9.17) is 4.74 Å². The highest BCUT2D eigenvalue weighted by atomic mass is 32.2. The van der Waals surface area contributed by atoms with Crippen LogP contribution >= 0.6 is 0 Å². The molecule has 0 fully saturated rings. The minimum Gasteiger partial charge on any atom is -0.481 e. The van der Waals surface area contributed by atoms with Crippen molar-refractivity contribution < 1.29 is 17.9 Å². The molecule has 1 amide bonds. The van der Waals surface area contributed by atoms with Gasteiger partial charge < -0.3 is 10.1 Å². The smallest absolute Gasteiger partial charge is 0.265 e. The molecule has 2 rings (SSSR count). The van der Waals surface area contributed by atoms with Crippen molar-refractivity contribution in [2.75, 3.05) is 11.9 Å². The number of para-hydroxylation sites is 1. The summed E-state index contributed by atoms with van der Waals surface area (Å²) in [7, 11) is -3.52. The van der Waals surface area contributed by atoms with E-state index >= 15 is 0 Å². The van der Waals surface area contributed by atoms with Crippen molar-refractivity contribution in [2.45, 2.75) is 37.7 Å². The molecule has 6 nitrogen and oxygen atoms in total. The van der Waals surface area contributed by atoms with Gasteiger partial charge >= 0.3 is 0 Å². The molecule has 0 bridgehead atoms. The lowest BCUT2D eigenvalue weighted by molar-refractivity contribution is -0.122. The number of carbonyl (C=O) groups excluding carboxylic acids is 1. The summed E-state index contributed by atoms with van der Waals surface area (Å²) >= 11 is 0. The average molecular weight is 376 g/mol. The number of rotatable bonds is 9. The highest BCUT2D eigenvalue weighted by molar-refractivity contribution is 7.89. The Morgan fingerprint density at radius 3 is 2.27 bits per heavy atom. The van der Waals surface area contributed by atoms with Crippen LogP contribution in [0.4, 0.5) is 5.69 Å². The fraction of sp³-hybridized carbons (Fsp3) is 0.316. The number of ether oxygens (including phenoxy) is 1. The van der Waals surface area contributed by atoms with E-state index in [0.717, 1.165) is 0 Å². The van der Waals surface area contributed by atoms with Gasteiger partial charge in [-0.05, 0) is 49.2 Å².